The average Bonchev–Trinajstić information content (AvgIpc) is 2.29. The summed E-state index contributed by atoms with van der Waals surface area (Å²) in [5.41, 5.74) is 0.418. The van der Waals surface area contributed by atoms with Gasteiger partial charge in [0.2, 0.25) is 0 Å². The Hall–Kier alpha value is -0.0800. The zero-order chi connectivity index (χ0) is 13.8. The quantitative estimate of drug-likeness (QED) is 0.780. The zero-order valence-corrected chi connectivity index (χ0v) is 13.4. The molecule has 2 heteroatoms. The van der Waals surface area contributed by atoms with E-state index in [4.69, 9.17) is 0 Å². The third-order valence-electron chi connectivity index (χ3n) is 4.90. The lowest BCUT2D eigenvalue weighted by Gasteiger charge is -2.45. The smallest absolute Gasteiger partial charge is 0.0219 e. The third kappa shape index (κ3) is 4.24. The van der Waals surface area contributed by atoms with Gasteiger partial charge in [-0.3, -0.25) is 4.90 Å². The summed E-state index contributed by atoms with van der Waals surface area (Å²) in [5, 5.41) is 3.72. The lowest BCUT2D eigenvalue weighted by atomic mass is 9.80. The van der Waals surface area contributed by atoms with Gasteiger partial charge in [-0.2, -0.15) is 0 Å². The van der Waals surface area contributed by atoms with Crippen LogP contribution in [0.25, 0.3) is 0 Å². The molecule has 1 fully saturated rings. The van der Waals surface area contributed by atoms with Crippen LogP contribution < -0.4 is 5.32 Å². The summed E-state index contributed by atoms with van der Waals surface area (Å²) in [6.07, 6.45) is 3.87. The van der Waals surface area contributed by atoms with E-state index in [1.807, 2.05) is 0 Å². The summed E-state index contributed by atoms with van der Waals surface area (Å²) in [6, 6.07) is 1.44. The molecule has 1 aliphatic rings. The summed E-state index contributed by atoms with van der Waals surface area (Å²) >= 11 is 0. The van der Waals surface area contributed by atoms with E-state index in [9.17, 15) is 0 Å². The van der Waals surface area contributed by atoms with Crippen LogP contribution >= 0.6 is 0 Å². The molecule has 2 unspecified atom stereocenters. The molecular weight excluding hydrogens is 220 g/mol. The van der Waals surface area contributed by atoms with E-state index in [1.165, 1.54) is 38.9 Å². The first-order valence-corrected chi connectivity index (χ1v) is 7.88. The van der Waals surface area contributed by atoms with Crippen LogP contribution in [0.2, 0.25) is 0 Å². The minimum atomic E-state index is 0.418. The highest BCUT2D eigenvalue weighted by Crippen LogP contribution is 2.29. The standard InChI is InChI=1S/C16H34N2/c1-7-9-14-11-18(15(8-2)10-17-14)12-16(5,6)13(3)4/h13-15,17H,7-12H2,1-6H3. The fraction of sp³-hybridized carbons (Fsp3) is 1.00. The van der Waals surface area contributed by atoms with Crippen LogP contribution in [0, 0.1) is 11.3 Å². The van der Waals surface area contributed by atoms with Gasteiger partial charge in [-0.1, -0.05) is 48.0 Å². The van der Waals surface area contributed by atoms with Gasteiger partial charge in [0.25, 0.3) is 0 Å². The second-order valence-corrected chi connectivity index (χ2v) is 7.03. The predicted octanol–water partition coefficient (Wildman–Crippen LogP) is 3.52. The number of rotatable bonds is 6. The zero-order valence-electron chi connectivity index (χ0n) is 13.4. The van der Waals surface area contributed by atoms with Crippen molar-refractivity contribution in [1.82, 2.24) is 10.2 Å². The second kappa shape index (κ2) is 6.91. The van der Waals surface area contributed by atoms with Gasteiger partial charge in [0.15, 0.2) is 0 Å². The summed E-state index contributed by atoms with van der Waals surface area (Å²) < 4.78 is 0. The molecule has 0 aromatic heterocycles. The molecule has 1 heterocycles. The maximum Gasteiger partial charge on any atom is 0.0219 e. The molecule has 1 N–H and O–H groups in total. The molecule has 0 amide bonds. The highest BCUT2D eigenvalue weighted by molar-refractivity contribution is 4.88. The van der Waals surface area contributed by atoms with Crippen molar-refractivity contribution in [2.45, 2.75) is 72.9 Å². The number of nitrogens with zero attached hydrogens (tertiary/aromatic N) is 1. The molecule has 0 aromatic rings. The normalized spacial score (nSPS) is 26.8. The van der Waals surface area contributed by atoms with E-state index in [-0.39, 0.29) is 0 Å². The van der Waals surface area contributed by atoms with E-state index in [0.717, 1.165) is 12.0 Å². The molecule has 0 saturated carbocycles. The van der Waals surface area contributed by atoms with Crippen molar-refractivity contribution in [3.05, 3.63) is 0 Å². The van der Waals surface area contributed by atoms with E-state index in [1.54, 1.807) is 0 Å². The molecule has 0 aliphatic carbocycles. The molecule has 18 heavy (non-hydrogen) atoms. The Morgan fingerprint density at radius 3 is 2.44 bits per heavy atom. The highest BCUT2D eigenvalue weighted by Gasteiger charge is 2.32. The van der Waals surface area contributed by atoms with Gasteiger partial charge in [-0.25, -0.2) is 0 Å². The van der Waals surface area contributed by atoms with E-state index >= 15 is 0 Å². The first-order chi connectivity index (χ1) is 8.40. The first kappa shape index (κ1) is 16.0. The highest BCUT2D eigenvalue weighted by atomic mass is 15.2. The van der Waals surface area contributed by atoms with Gasteiger partial charge in [0.05, 0.1) is 0 Å². The summed E-state index contributed by atoms with van der Waals surface area (Å²) in [4.78, 5) is 2.75. The maximum atomic E-state index is 3.72. The van der Waals surface area contributed by atoms with Gasteiger partial charge < -0.3 is 5.32 Å². The van der Waals surface area contributed by atoms with Crippen LogP contribution in [0.3, 0.4) is 0 Å². The molecule has 1 rings (SSSR count). The van der Waals surface area contributed by atoms with Crippen LogP contribution in [0.5, 0.6) is 0 Å². The molecule has 0 aromatic carbocycles. The molecule has 2 nitrogen and oxygen atoms in total. The number of piperazine rings is 1. The van der Waals surface area contributed by atoms with Crippen molar-refractivity contribution in [2.75, 3.05) is 19.6 Å². The molecule has 108 valence electrons. The molecule has 0 bridgehead atoms. The van der Waals surface area contributed by atoms with Crippen LogP contribution in [0.4, 0.5) is 0 Å². The summed E-state index contributed by atoms with van der Waals surface area (Å²) in [7, 11) is 0. The average molecular weight is 254 g/mol. The van der Waals surface area contributed by atoms with E-state index < -0.39 is 0 Å². The van der Waals surface area contributed by atoms with Crippen LogP contribution in [-0.4, -0.2) is 36.6 Å². The Balaban J connectivity index is 2.62. The monoisotopic (exact) mass is 254 g/mol. The Labute approximate surface area is 115 Å². The minimum Gasteiger partial charge on any atom is -0.311 e. The number of nitrogens with one attached hydrogen (secondary N) is 1. The maximum absolute atomic E-state index is 3.72. The fourth-order valence-corrected chi connectivity index (χ4v) is 2.77. The predicted molar refractivity (Wildman–Crippen MR) is 81.0 cm³/mol. The topological polar surface area (TPSA) is 15.3 Å². The second-order valence-electron chi connectivity index (χ2n) is 7.03. The van der Waals surface area contributed by atoms with Crippen molar-refractivity contribution in [3.63, 3.8) is 0 Å². The molecule has 0 radical (unpaired) electrons. The van der Waals surface area contributed by atoms with Crippen molar-refractivity contribution in [3.8, 4) is 0 Å². The van der Waals surface area contributed by atoms with Gasteiger partial charge in [-0.05, 0) is 24.2 Å². The fourth-order valence-electron chi connectivity index (χ4n) is 2.77. The first-order valence-electron chi connectivity index (χ1n) is 7.88. The Morgan fingerprint density at radius 1 is 1.28 bits per heavy atom. The molecular formula is C16H34N2. The largest absolute Gasteiger partial charge is 0.311 e. The molecule has 1 saturated heterocycles. The molecule has 0 spiro atoms. The van der Waals surface area contributed by atoms with Gasteiger partial charge in [0.1, 0.15) is 0 Å². The van der Waals surface area contributed by atoms with E-state index in [2.05, 4.69) is 51.8 Å². The summed E-state index contributed by atoms with van der Waals surface area (Å²) in [5.74, 6) is 0.745. The Morgan fingerprint density at radius 2 is 1.94 bits per heavy atom. The van der Waals surface area contributed by atoms with Crippen molar-refractivity contribution < 1.29 is 0 Å². The SMILES string of the molecule is CCCC1CN(CC(C)(C)C(C)C)C(CC)CN1. The van der Waals surface area contributed by atoms with Gasteiger partial charge >= 0.3 is 0 Å². The number of hydrogen-bond donors (Lipinski definition) is 1. The van der Waals surface area contributed by atoms with Crippen molar-refractivity contribution >= 4 is 0 Å². The minimum absolute atomic E-state index is 0.418. The third-order valence-corrected chi connectivity index (χ3v) is 4.90. The van der Waals surface area contributed by atoms with Gasteiger partial charge in [0, 0.05) is 31.7 Å². The van der Waals surface area contributed by atoms with Crippen LogP contribution in [0.1, 0.15) is 60.8 Å². The van der Waals surface area contributed by atoms with Crippen LogP contribution in [0.15, 0.2) is 0 Å². The lowest BCUT2D eigenvalue weighted by Crippen LogP contribution is -2.58. The lowest BCUT2D eigenvalue weighted by molar-refractivity contribution is 0.0603. The van der Waals surface area contributed by atoms with Crippen molar-refractivity contribution in [2.24, 2.45) is 11.3 Å². The Kier molecular flexibility index (Phi) is 6.13. The van der Waals surface area contributed by atoms with Crippen LogP contribution in [-0.2, 0) is 0 Å². The van der Waals surface area contributed by atoms with E-state index in [0.29, 0.717) is 11.5 Å². The van der Waals surface area contributed by atoms with Crippen molar-refractivity contribution in [1.29, 1.82) is 0 Å². The number of hydrogen-bond acceptors (Lipinski definition) is 2. The molecule has 2 atom stereocenters. The van der Waals surface area contributed by atoms with Gasteiger partial charge in [-0.15, -0.1) is 0 Å². The summed E-state index contributed by atoms with van der Waals surface area (Å²) in [6.45, 7) is 17.8. The Bertz CT molecular complexity index is 235. The molecule has 1 aliphatic heterocycles.